The highest BCUT2D eigenvalue weighted by molar-refractivity contribution is 6.17. The fourth-order valence-electron chi connectivity index (χ4n) is 2.31. The second-order valence-corrected chi connectivity index (χ2v) is 4.12. The molecule has 3 heteroatoms. The molecule has 0 fully saturated rings. The summed E-state index contributed by atoms with van der Waals surface area (Å²) in [6.07, 6.45) is 0. The van der Waals surface area contributed by atoms with Crippen LogP contribution in [-0.2, 0) is 4.79 Å². The van der Waals surface area contributed by atoms with E-state index in [1.807, 2.05) is 48.5 Å². The first-order valence-electron chi connectivity index (χ1n) is 5.61. The second kappa shape index (κ2) is 3.74. The highest BCUT2D eigenvalue weighted by Gasteiger charge is 2.15. The molecule has 0 amide bonds. The average molecular weight is 237 g/mol. The number of nitrogens with zero attached hydrogens (tertiary/aromatic N) is 1. The summed E-state index contributed by atoms with van der Waals surface area (Å²) >= 11 is 0. The zero-order valence-electron chi connectivity index (χ0n) is 9.63. The van der Waals surface area contributed by atoms with Crippen LogP contribution in [0.1, 0.15) is 0 Å². The lowest BCUT2D eigenvalue weighted by molar-refractivity contribution is -0.130. The Labute approximate surface area is 104 Å². The summed E-state index contributed by atoms with van der Waals surface area (Å²) in [5.74, 6) is -1.01. The van der Waals surface area contributed by atoms with Gasteiger partial charge in [-0.15, -0.1) is 0 Å². The van der Waals surface area contributed by atoms with Crippen LogP contribution in [0.4, 0.5) is 0 Å². The molecule has 1 N–H and O–H groups in total. The van der Waals surface area contributed by atoms with Crippen LogP contribution in [0.2, 0.25) is 0 Å². The average Bonchev–Trinajstić information content (AvgIpc) is 2.72. The minimum atomic E-state index is -1.01. The van der Waals surface area contributed by atoms with Crippen LogP contribution in [-0.4, -0.2) is 15.6 Å². The Morgan fingerprint density at radius 3 is 1.83 bits per heavy atom. The number of aliphatic carboxylic acids is 1. The fourth-order valence-corrected chi connectivity index (χ4v) is 2.31. The lowest BCUT2D eigenvalue weighted by atomic mass is 10.2. The number of fused-ring (bicyclic) bond motifs is 3. The van der Waals surface area contributed by atoms with E-state index in [9.17, 15) is 4.79 Å². The molecule has 0 saturated carbocycles. The number of rotatable bonds is 2. The van der Waals surface area contributed by atoms with Gasteiger partial charge in [-0.05, 0) is 12.1 Å². The smallest absolute Gasteiger partial charge is 0.352 e. The lowest BCUT2D eigenvalue weighted by Crippen LogP contribution is -2.05. The van der Waals surface area contributed by atoms with Gasteiger partial charge >= 0.3 is 5.97 Å². The monoisotopic (exact) mass is 237 g/mol. The molecule has 3 aromatic rings. The highest BCUT2D eigenvalue weighted by Crippen LogP contribution is 2.30. The van der Waals surface area contributed by atoms with Crippen LogP contribution in [0.25, 0.3) is 27.5 Å². The fraction of sp³-hybridized carbons (Fsp3) is 0. The number of para-hydroxylation sites is 2. The Hall–Kier alpha value is -2.55. The van der Waals surface area contributed by atoms with E-state index >= 15 is 0 Å². The quantitative estimate of drug-likeness (QED) is 0.694. The first-order valence-corrected chi connectivity index (χ1v) is 5.61. The molecule has 1 heterocycles. The first-order chi connectivity index (χ1) is 8.70. The molecular formula is C15H11NO2. The van der Waals surface area contributed by atoms with Crippen molar-refractivity contribution >= 4 is 33.5 Å². The molecule has 0 radical (unpaired) electrons. The maximum absolute atomic E-state index is 11.2. The predicted molar refractivity (Wildman–Crippen MR) is 72.4 cm³/mol. The van der Waals surface area contributed by atoms with Gasteiger partial charge in [-0.2, -0.15) is 0 Å². The summed E-state index contributed by atoms with van der Waals surface area (Å²) < 4.78 is 1.69. The summed E-state index contributed by atoms with van der Waals surface area (Å²) in [5.41, 5.74) is 1.80. The number of carboxylic acids is 1. The zero-order chi connectivity index (χ0) is 12.7. The molecular weight excluding hydrogens is 226 g/mol. The molecule has 0 saturated heterocycles. The van der Waals surface area contributed by atoms with Gasteiger partial charge in [0.2, 0.25) is 0 Å². The van der Waals surface area contributed by atoms with E-state index in [2.05, 4.69) is 6.58 Å². The van der Waals surface area contributed by atoms with Gasteiger partial charge in [0, 0.05) is 10.8 Å². The number of carboxylic acid groups (broad SMARTS) is 1. The SMILES string of the molecule is C=C(C(=O)O)n1c2ccccc2c2ccccc21. The number of carbonyl (C=O) groups is 1. The van der Waals surface area contributed by atoms with E-state index in [0.717, 1.165) is 21.8 Å². The van der Waals surface area contributed by atoms with Crippen LogP contribution in [0.5, 0.6) is 0 Å². The van der Waals surface area contributed by atoms with Gasteiger partial charge < -0.3 is 9.67 Å². The van der Waals surface area contributed by atoms with Gasteiger partial charge in [-0.3, -0.25) is 0 Å². The van der Waals surface area contributed by atoms with Crippen molar-refractivity contribution in [1.29, 1.82) is 0 Å². The summed E-state index contributed by atoms with van der Waals surface area (Å²) in [6, 6.07) is 15.5. The Kier molecular flexibility index (Phi) is 2.20. The normalized spacial score (nSPS) is 10.9. The first kappa shape index (κ1) is 10.6. The van der Waals surface area contributed by atoms with Gasteiger partial charge in [-0.1, -0.05) is 43.0 Å². The molecule has 1 aromatic heterocycles. The molecule has 2 aromatic carbocycles. The molecule has 0 aliphatic heterocycles. The standard InChI is InChI=1S/C15H11NO2/c1-10(15(17)18)16-13-8-4-2-6-11(13)12-7-3-5-9-14(12)16/h2-9H,1H2,(H,17,18). The van der Waals surface area contributed by atoms with Crippen LogP contribution < -0.4 is 0 Å². The molecule has 3 rings (SSSR count). The summed E-state index contributed by atoms with van der Waals surface area (Å²) in [7, 11) is 0. The van der Waals surface area contributed by atoms with E-state index in [-0.39, 0.29) is 5.70 Å². The lowest BCUT2D eigenvalue weighted by Gasteiger charge is -2.05. The molecule has 88 valence electrons. The minimum Gasteiger partial charge on any atom is -0.477 e. The van der Waals surface area contributed by atoms with Crippen LogP contribution in [0, 0.1) is 0 Å². The topological polar surface area (TPSA) is 42.2 Å². The van der Waals surface area contributed by atoms with Gasteiger partial charge in [0.05, 0.1) is 11.0 Å². The van der Waals surface area contributed by atoms with Crippen molar-refractivity contribution < 1.29 is 9.90 Å². The molecule has 0 atom stereocenters. The van der Waals surface area contributed by atoms with Gasteiger partial charge in [0.15, 0.2) is 0 Å². The van der Waals surface area contributed by atoms with Crippen molar-refractivity contribution in [1.82, 2.24) is 4.57 Å². The molecule has 0 unspecified atom stereocenters. The zero-order valence-corrected chi connectivity index (χ0v) is 9.63. The summed E-state index contributed by atoms with van der Waals surface area (Å²) in [4.78, 5) is 11.2. The molecule has 0 bridgehead atoms. The van der Waals surface area contributed by atoms with Crippen molar-refractivity contribution in [2.45, 2.75) is 0 Å². The number of hydrogen-bond acceptors (Lipinski definition) is 1. The summed E-state index contributed by atoms with van der Waals surface area (Å²) in [6.45, 7) is 3.66. The Morgan fingerprint density at radius 1 is 0.944 bits per heavy atom. The third kappa shape index (κ3) is 1.34. The van der Waals surface area contributed by atoms with Crippen LogP contribution in [0.15, 0.2) is 55.1 Å². The maximum Gasteiger partial charge on any atom is 0.352 e. The van der Waals surface area contributed by atoms with E-state index < -0.39 is 5.97 Å². The number of aromatic nitrogens is 1. The molecule has 0 aliphatic carbocycles. The van der Waals surface area contributed by atoms with Crippen molar-refractivity contribution in [3.63, 3.8) is 0 Å². The van der Waals surface area contributed by atoms with Crippen molar-refractivity contribution in [2.24, 2.45) is 0 Å². The van der Waals surface area contributed by atoms with Crippen molar-refractivity contribution in [2.75, 3.05) is 0 Å². The third-order valence-electron chi connectivity index (χ3n) is 3.10. The number of benzene rings is 2. The largest absolute Gasteiger partial charge is 0.477 e. The van der Waals surface area contributed by atoms with E-state index in [1.54, 1.807) is 4.57 Å². The molecule has 3 nitrogen and oxygen atoms in total. The maximum atomic E-state index is 11.2. The Bertz CT molecular complexity index is 730. The molecule has 18 heavy (non-hydrogen) atoms. The van der Waals surface area contributed by atoms with Gasteiger partial charge in [-0.25, -0.2) is 4.79 Å². The van der Waals surface area contributed by atoms with Crippen molar-refractivity contribution in [3.05, 3.63) is 55.1 Å². The molecule has 0 aliphatic rings. The number of hydrogen-bond donors (Lipinski definition) is 1. The summed E-state index contributed by atoms with van der Waals surface area (Å²) in [5, 5.41) is 11.2. The van der Waals surface area contributed by atoms with Crippen molar-refractivity contribution in [3.8, 4) is 0 Å². The van der Waals surface area contributed by atoms with Gasteiger partial charge in [0.25, 0.3) is 0 Å². The molecule has 0 spiro atoms. The predicted octanol–water partition coefficient (Wildman–Crippen LogP) is 3.35. The minimum absolute atomic E-state index is 0.0624. The Balaban J connectivity index is 2.53. The van der Waals surface area contributed by atoms with Crippen LogP contribution >= 0.6 is 0 Å². The van der Waals surface area contributed by atoms with E-state index in [0.29, 0.717) is 0 Å². The highest BCUT2D eigenvalue weighted by atomic mass is 16.4. The Morgan fingerprint density at radius 2 is 1.39 bits per heavy atom. The third-order valence-corrected chi connectivity index (χ3v) is 3.10. The van der Waals surface area contributed by atoms with E-state index in [1.165, 1.54) is 0 Å². The van der Waals surface area contributed by atoms with E-state index in [4.69, 9.17) is 5.11 Å². The van der Waals surface area contributed by atoms with Crippen LogP contribution in [0.3, 0.4) is 0 Å². The van der Waals surface area contributed by atoms with Gasteiger partial charge in [0.1, 0.15) is 5.70 Å². The second-order valence-electron chi connectivity index (χ2n) is 4.12.